The van der Waals surface area contributed by atoms with E-state index in [1.54, 1.807) is 25.0 Å². The van der Waals surface area contributed by atoms with Crippen molar-refractivity contribution in [1.29, 1.82) is 0 Å². The molecule has 0 aliphatic rings. The van der Waals surface area contributed by atoms with Crippen molar-refractivity contribution in [1.82, 2.24) is 10.1 Å². The van der Waals surface area contributed by atoms with Gasteiger partial charge in [-0.15, -0.1) is 0 Å². The maximum absolute atomic E-state index is 12.0. The smallest absolute Gasteiger partial charge is 0.227 e. The number of hydrogen-bond donors (Lipinski definition) is 1. The monoisotopic (exact) mass is 345 g/mol. The van der Waals surface area contributed by atoms with E-state index in [1.807, 2.05) is 24.3 Å². The van der Waals surface area contributed by atoms with Gasteiger partial charge in [0, 0.05) is 32.5 Å². The number of amides is 2. The van der Waals surface area contributed by atoms with Crippen LogP contribution in [0.15, 0.2) is 34.9 Å². The molecule has 0 saturated carbocycles. The van der Waals surface area contributed by atoms with Gasteiger partial charge in [-0.3, -0.25) is 9.59 Å². The number of nitrogens with zero attached hydrogens (tertiary/aromatic N) is 2. The molecule has 1 aromatic heterocycles. The number of ether oxygens (including phenoxy) is 1. The summed E-state index contributed by atoms with van der Waals surface area (Å²) in [4.78, 5) is 25.4. The van der Waals surface area contributed by atoms with E-state index < -0.39 is 0 Å². The highest BCUT2D eigenvalue weighted by Crippen LogP contribution is 2.13. The van der Waals surface area contributed by atoms with Gasteiger partial charge in [-0.1, -0.05) is 17.3 Å². The van der Waals surface area contributed by atoms with Gasteiger partial charge in [0.25, 0.3) is 0 Å². The van der Waals surface area contributed by atoms with Crippen LogP contribution in [0.25, 0.3) is 0 Å². The minimum Gasteiger partial charge on any atom is -0.497 e. The van der Waals surface area contributed by atoms with Crippen molar-refractivity contribution < 1.29 is 18.8 Å². The highest BCUT2D eigenvalue weighted by Gasteiger charge is 2.12. The van der Waals surface area contributed by atoms with Crippen LogP contribution in [0, 0.1) is 6.92 Å². The summed E-state index contributed by atoms with van der Waals surface area (Å²) in [6.07, 6.45) is 0.893. The van der Waals surface area contributed by atoms with E-state index in [1.165, 1.54) is 6.92 Å². The normalized spacial score (nSPS) is 10.4. The number of anilines is 1. The third-order valence-electron chi connectivity index (χ3n) is 3.75. The summed E-state index contributed by atoms with van der Waals surface area (Å²) >= 11 is 0. The van der Waals surface area contributed by atoms with Crippen molar-refractivity contribution in [2.75, 3.05) is 25.5 Å². The molecule has 7 nitrogen and oxygen atoms in total. The number of aryl methyl sites for hydroxylation is 1. The van der Waals surface area contributed by atoms with Crippen LogP contribution in [0.4, 0.5) is 5.82 Å². The Morgan fingerprint density at radius 3 is 2.72 bits per heavy atom. The predicted molar refractivity (Wildman–Crippen MR) is 93.4 cm³/mol. The quantitative estimate of drug-likeness (QED) is 0.794. The number of nitrogens with one attached hydrogen (secondary N) is 1. The van der Waals surface area contributed by atoms with E-state index in [-0.39, 0.29) is 18.2 Å². The van der Waals surface area contributed by atoms with E-state index in [0.29, 0.717) is 31.1 Å². The van der Waals surface area contributed by atoms with Crippen molar-refractivity contribution in [2.24, 2.45) is 0 Å². The Kier molecular flexibility index (Phi) is 6.56. The van der Waals surface area contributed by atoms with Gasteiger partial charge in [0.1, 0.15) is 11.5 Å². The first-order valence-corrected chi connectivity index (χ1v) is 8.09. The van der Waals surface area contributed by atoms with E-state index in [9.17, 15) is 9.59 Å². The van der Waals surface area contributed by atoms with Crippen LogP contribution in [0.1, 0.15) is 24.7 Å². The van der Waals surface area contributed by atoms with Crippen LogP contribution in [-0.2, 0) is 16.0 Å². The minimum absolute atomic E-state index is 0.0621. The number of benzene rings is 1. The van der Waals surface area contributed by atoms with Crippen molar-refractivity contribution in [3.63, 3.8) is 0 Å². The molecular formula is C18H23N3O4. The summed E-state index contributed by atoms with van der Waals surface area (Å²) in [6.45, 7) is 4.14. The number of carbonyl (C=O) groups is 2. The first kappa shape index (κ1) is 18.5. The third kappa shape index (κ3) is 5.95. The molecular weight excluding hydrogens is 322 g/mol. The highest BCUT2D eigenvalue weighted by molar-refractivity contribution is 5.90. The molecule has 0 spiro atoms. The van der Waals surface area contributed by atoms with Gasteiger partial charge in [-0.05, 0) is 31.0 Å². The van der Waals surface area contributed by atoms with Crippen LogP contribution >= 0.6 is 0 Å². The summed E-state index contributed by atoms with van der Waals surface area (Å²) in [5.41, 5.74) is 1.08. The summed E-state index contributed by atoms with van der Waals surface area (Å²) in [7, 11) is 1.62. The molecule has 0 radical (unpaired) electrons. The molecule has 0 fully saturated rings. The average Bonchev–Trinajstić information content (AvgIpc) is 2.99. The second-order valence-electron chi connectivity index (χ2n) is 5.73. The molecule has 2 rings (SSSR count). The second-order valence-corrected chi connectivity index (χ2v) is 5.73. The predicted octanol–water partition coefficient (Wildman–Crippen LogP) is 2.41. The zero-order chi connectivity index (χ0) is 18.2. The number of methoxy groups -OCH3 is 1. The molecule has 0 unspecified atom stereocenters. The van der Waals surface area contributed by atoms with Gasteiger partial charge in [-0.2, -0.15) is 0 Å². The van der Waals surface area contributed by atoms with Crippen molar-refractivity contribution >= 4 is 17.6 Å². The first-order valence-electron chi connectivity index (χ1n) is 8.09. The molecule has 0 aliphatic carbocycles. The molecule has 7 heteroatoms. The molecule has 1 aromatic carbocycles. The fourth-order valence-corrected chi connectivity index (χ4v) is 2.39. The summed E-state index contributed by atoms with van der Waals surface area (Å²) in [6, 6.07) is 9.36. The molecule has 1 N–H and O–H groups in total. The Labute approximate surface area is 146 Å². The molecule has 1 heterocycles. The number of rotatable bonds is 8. The standard InChI is InChI=1S/C18H23N3O4/c1-13-11-17(20-25-13)19-18(23)8-10-21(14(2)22)9-7-15-5-4-6-16(12-15)24-3/h4-6,11-12H,7-10H2,1-3H3,(H,19,20,23). The largest absolute Gasteiger partial charge is 0.497 e. The van der Waals surface area contributed by atoms with Crippen LogP contribution < -0.4 is 10.1 Å². The topological polar surface area (TPSA) is 84.7 Å². The molecule has 25 heavy (non-hydrogen) atoms. The lowest BCUT2D eigenvalue weighted by Gasteiger charge is -2.20. The van der Waals surface area contributed by atoms with Crippen LogP contribution in [0.5, 0.6) is 5.75 Å². The van der Waals surface area contributed by atoms with Gasteiger partial charge in [-0.25, -0.2) is 0 Å². The molecule has 0 saturated heterocycles. The van der Waals surface area contributed by atoms with Crippen molar-refractivity contribution in [3.05, 3.63) is 41.7 Å². The van der Waals surface area contributed by atoms with Crippen molar-refractivity contribution in [3.8, 4) is 5.75 Å². The Hall–Kier alpha value is -2.83. The molecule has 134 valence electrons. The van der Waals surface area contributed by atoms with Gasteiger partial charge in [0.15, 0.2) is 5.82 Å². The molecule has 0 aliphatic heterocycles. The lowest BCUT2D eigenvalue weighted by atomic mass is 10.1. The SMILES string of the molecule is COc1cccc(CCN(CCC(=O)Nc2cc(C)on2)C(C)=O)c1. The number of aromatic nitrogens is 1. The van der Waals surface area contributed by atoms with Gasteiger partial charge < -0.3 is 19.5 Å². The van der Waals surface area contributed by atoms with Crippen LogP contribution in [0.3, 0.4) is 0 Å². The fraction of sp³-hybridized carbons (Fsp3) is 0.389. The van der Waals surface area contributed by atoms with E-state index in [2.05, 4.69) is 10.5 Å². The maximum Gasteiger partial charge on any atom is 0.227 e. The molecule has 2 amide bonds. The van der Waals surface area contributed by atoms with Crippen LogP contribution in [-0.4, -0.2) is 42.1 Å². The maximum atomic E-state index is 12.0. The Balaban J connectivity index is 1.83. The lowest BCUT2D eigenvalue weighted by molar-refractivity contribution is -0.129. The van der Waals surface area contributed by atoms with Gasteiger partial charge >= 0.3 is 0 Å². The van der Waals surface area contributed by atoms with E-state index in [4.69, 9.17) is 9.26 Å². The second kappa shape index (κ2) is 8.86. The van der Waals surface area contributed by atoms with E-state index in [0.717, 1.165) is 11.3 Å². The molecule has 0 atom stereocenters. The third-order valence-corrected chi connectivity index (χ3v) is 3.75. The first-order chi connectivity index (χ1) is 12.0. The summed E-state index contributed by atoms with van der Waals surface area (Å²) in [5, 5.41) is 6.36. The summed E-state index contributed by atoms with van der Waals surface area (Å²) in [5.74, 6) is 1.52. The Morgan fingerprint density at radius 1 is 1.28 bits per heavy atom. The van der Waals surface area contributed by atoms with Gasteiger partial charge in [0.2, 0.25) is 11.8 Å². The van der Waals surface area contributed by atoms with Gasteiger partial charge in [0.05, 0.1) is 7.11 Å². The van der Waals surface area contributed by atoms with E-state index >= 15 is 0 Å². The minimum atomic E-state index is -0.207. The summed E-state index contributed by atoms with van der Waals surface area (Å²) < 4.78 is 10.1. The lowest BCUT2D eigenvalue weighted by Crippen LogP contribution is -2.33. The highest BCUT2D eigenvalue weighted by atomic mass is 16.5. The Morgan fingerprint density at radius 2 is 2.08 bits per heavy atom. The Bertz CT molecular complexity index is 727. The molecule has 2 aromatic rings. The number of hydrogen-bond acceptors (Lipinski definition) is 5. The van der Waals surface area contributed by atoms with Crippen LogP contribution in [0.2, 0.25) is 0 Å². The average molecular weight is 345 g/mol. The zero-order valence-electron chi connectivity index (χ0n) is 14.7. The fourth-order valence-electron chi connectivity index (χ4n) is 2.39. The van der Waals surface area contributed by atoms with Crippen molar-refractivity contribution in [2.45, 2.75) is 26.7 Å². The molecule has 0 bridgehead atoms. The zero-order valence-corrected chi connectivity index (χ0v) is 14.7. The number of carbonyl (C=O) groups excluding carboxylic acids is 2.